The molecule has 1 fully saturated rings. The molecule has 0 unspecified atom stereocenters. The maximum atomic E-state index is 11.9. The predicted octanol–water partition coefficient (Wildman–Crippen LogP) is 1.09. The Morgan fingerprint density at radius 1 is 1.20 bits per heavy atom. The quantitative estimate of drug-likeness (QED) is 0.441. The Balaban J connectivity index is 2.43. The smallest absolute Gasteiger partial charge is 0.213 e. The minimum atomic E-state index is -3.06. The summed E-state index contributed by atoms with van der Waals surface area (Å²) in [6.07, 6.45) is 4.07. The molecule has 1 aliphatic heterocycles. The molecule has 1 heterocycles. The lowest BCUT2D eigenvalue weighted by atomic mass is 10.1. The topological polar surface area (TPSA) is 77.0 Å². The lowest BCUT2D eigenvalue weighted by Crippen LogP contribution is -2.50. The summed E-state index contributed by atoms with van der Waals surface area (Å²) in [6.45, 7) is 10.8. The first kappa shape index (κ1) is 22.2. The third-order valence-electron chi connectivity index (χ3n) is 4.54. The number of hydrogen-bond donors (Lipinski definition) is 2. The Bertz CT molecular complexity index is 487. The highest BCUT2D eigenvalue weighted by Crippen LogP contribution is 2.14. The fourth-order valence-electron chi connectivity index (χ4n) is 2.85. The number of unbranched alkanes of at least 4 members (excludes halogenated alkanes) is 1. The van der Waals surface area contributed by atoms with Gasteiger partial charge in [-0.15, -0.1) is 0 Å². The van der Waals surface area contributed by atoms with Gasteiger partial charge in [0, 0.05) is 32.2 Å². The molecule has 0 atom stereocenters. The van der Waals surface area contributed by atoms with Crippen molar-refractivity contribution in [3.63, 3.8) is 0 Å². The SMILES string of the molecule is CCCCN(C)CCN=C(NCC)NC1CCN(S(=O)(=O)CC)CC1. The molecule has 0 bridgehead atoms. The summed E-state index contributed by atoms with van der Waals surface area (Å²) in [5.41, 5.74) is 0. The molecule has 7 nitrogen and oxygen atoms in total. The second-order valence-corrected chi connectivity index (χ2v) is 8.89. The van der Waals surface area contributed by atoms with Gasteiger partial charge < -0.3 is 15.5 Å². The summed E-state index contributed by atoms with van der Waals surface area (Å²) in [6, 6.07) is 0.277. The minimum Gasteiger partial charge on any atom is -0.357 e. The standard InChI is InChI=1S/C17H37N5O2S/c1-5-8-12-21(4)15-11-19-17(18-6-2)20-16-9-13-22(14-10-16)25(23,24)7-3/h16H,5-15H2,1-4H3,(H2,18,19,20). The van der Waals surface area contributed by atoms with Gasteiger partial charge in [0.1, 0.15) is 0 Å². The minimum absolute atomic E-state index is 0.181. The van der Waals surface area contributed by atoms with Crippen LogP contribution in [0.4, 0.5) is 0 Å². The van der Waals surface area contributed by atoms with Crippen LogP contribution < -0.4 is 10.6 Å². The van der Waals surface area contributed by atoms with Crippen molar-refractivity contribution in [3.05, 3.63) is 0 Å². The normalized spacial score (nSPS) is 17.9. The fourth-order valence-corrected chi connectivity index (χ4v) is 3.98. The third-order valence-corrected chi connectivity index (χ3v) is 6.42. The van der Waals surface area contributed by atoms with Gasteiger partial charge in [-0.2, -0.15) is 0 Å². The maximum Gasteiger partial charge on any atom is 0.213 e. The van der Waals surface area contributed by atoms with Crippen molar-refractivity contribution in [1.82, 2.24) is 19.8 Å². The number of piperidine rings is 1. The molecule has 1 aliphatic rings. The lowest BCUT2D eigenvalue weighted by Gasteiger charge is -2.32. The largest absolute Gasteiger partial charge is 0.357 e. The predicted molar refractivity (Wildman–Crippen MR) is 106 cm³/mol. The number of nitrogens with zero attached hydrogens (tertiary/aromatic N) is 3. The van der Waals surface area contributed by atoms with Crippen LogP contribution in [0.2, 0.25) is 0 Å². The third kappa shape index (κ3) is 8.37. The molecule has 1 saturated heterocycles. The zero-order valence-electron chi connectivity index (χ0n) is 16.4. The average molecular weight is 376 g/mol. The highest BCUT2D eigenvalue weighted by atomic mass is 32.2. The van der Waals surface area contributed by atoms with E-state index in [1.807, 2.05) is 0 Å². The first-order valence-electron chi connectivity index (χ1n) is 9.64. The summed E-state index contributed by atoms with van der Waals surface area (Å²) in [5.74, 6) is 1.02. The highest BCUT2D eigenvalue weighted by Gasteiger charge is 2.26. The Morgan fingerprint density at radius 3 is 2.44 bits per heavy atom. The summed E-state index contributed by atoms with van der Waals surface area (Å²) in [7, 11) is -0.926. The average Bonchev–Trinajstić information content (AvgIpc) is 2.60. The number of nitrogens with one attached hydrogen (secondary N) is 2. The van der Waals surface area contributed by atoms with Crippen LogP contribution in [0.3, 0.4) is 0 Å². The molecule has 148 valence electrons. The highest BCUT2D eigenvalue weighted by molar-refractivity contribution is 7.89. The summed E-state index contributed by atoms with van der Waals surface area (Å²) >= 11 is 0. The van der Waals surface area contributed by atoms with Gasteiger partial charge in [0.05, 0.1) is 12.3 Å². The molecule has 0 amide bonds. The fraction of sp³-hybridized carbons (Fsp3) is 0.941. The van der Waals surface area contributed by atoms with E-state index in [1.165, 1.54) is 12.8 Å². The summed E-state index contributed by atoms with van der Waals surface area (Å²) in [4.78, 5) is 6.97. The Morgan fingerprint density at radius 2 is 1.88 bits per heavy atom. The molecule has 8 heteroatoms. The molecule has 0 radical (unpaired) electrons. The molecule has 0 aromatic rings. The number of hydrogen-bond acceptors (Lipinski definition) is 4. The molecule has 0 aliphatic carbocycles. The molecular formula is C17H37N5O2S. The van der Waals surface area contributed by atoms with Crippen molar-refractivity contribution in [1.29, 1.82) is 0 Å². The van der Waals surface area contributed by atoms with Gasteiger partial charge in [-0.05, 0) is 46.7 Å². The van der Waals surface area contributed by atoms with E-state index in [2.05, 4.69) is 41.4 Å². The zero-order chi connectivity index (χ0) is 18.7. The molecule has 0 aromatic heterocycles. The van der Waals surface area contributed by atoms with E-state index in [-0.39, 0.29) is 11.8 Å². The van der Waals surface area contributed by atoms with Crippen molar-refractivity contribution in [2.24, 2.45) is 4.99 Å². The molecule has 2 N–H and O–H groups in total. The zero-order valence-corrected chi connectivity index (χ0v) is 17.2. The van der Waals surface area contributed by atoms with Gasteiger partial charge in [-0.25, -0.2) is 12.7 Å². The number of guanidine groups is 1. The van der Waals surface area contributed by atoms with E-state index < -0.39 is 10.0 Å². The van der Waals surface area contributed by atoms with E-state index in [9.17, 15) is 8.42 Å². The number of likely N-dealkylation sites (N-methyl/N-ethyl adjacent to an activating group) is 1. The van der Waals surface area contributed by atoms with Crippen molar-refractivity contribution in [3.8, 4) is 0 Å². The van der Waals surface area contributed by atoms with Crippen LogP contribution in [-0.4, -0.2) is 81.7 Å². The number of sulfonamides is 1. The van der Waals surface area contributed by atoms with Crippen LogP contribution in [0.15, 0.2) is 4.99 Å². The second-order valence-electron chi connectivity index (χ2n) is 6.64. The van der Waals surface area contributed by atoms with Crippen molar-refractivity contribution < 1.29 is 8.42 Å². The van der Waals surface area contributed by atoms with Crippen LogP contribution in [0, 0.1) is 0 Å². The first-order valence-corrected chi connectivity index (χ1v) is 11.2. The first-order chi connectivity index (χ1) is 11.9. The van der Waals surface area contributed by atoms with Crippen LogP contribution in [0.5, 0.6) is 0 Å². The van der Waals surface area contributed by atoms with Gasteiger partial charge in [-0.3, -0.25) is 4.99 Å². The van der Waals surface area contributed by atoms with E-state index >= 15 is 0 Å². The Labute approximate surface area is 154 Å². The molecular weight excluding hydrogens is 338 g/mol. The van der Waals surface area contributed by atoms with Gasteiger partial charge in [0.15, 0.2) is 5.96 Å². The number of rotatable bonds is 10. The van der Waals surface area contributed by atoms with E-state index in [0.717, 1.165) is 45.0 Å². The lowest BCUT2D eigenvalue weighted by molar-refractivity contribution is 0.306. The van der Waals surface area contributed by atoms with E-state index in [0.29, 0.717) is 13.1 Å². The maximum absolute atomic E-state index is 11.9. The van der Waals surface area contributed by atoms with E-state index in [1.54, 1.807) is 11.2 Å². The van der Waals surface area contributed by atoms with Gasteiger partial charge in [0.2, 0.25) is 10.0 Å². The van der Waals surface area contributed by atoms with Crippen molar-refractivity contribution in [2.45, 2.75) is 52.5 Å². The molecule has 25 heavy (non-hydrogen) atoms. The summed E-state index contributed by atoms with van der Waals surface area (Å²) < 4.78 is 25.5. The summed E-state index contributed by atoms with van der Waals surface area (Å²) in [5, 5.41) is 6.75. The van der Waals surface area contributed by atoms with Gasteiger partial charge in [0.25, 0.3) is 0 Å². The van der Waals surface area contributed by atoms with Crippen LogP contribution >= 0.6 is 0 Å². The molecule has 0 spiro atoms. The van der Waals surface area contributed by atoms with Gasteiger partial charge >= 0.3 is 0 Å². The van der Waals surface area contributed by atoms with Crippen LogP contribution in [-0.2, 0) is 10.0 Å². The van der Waals surface area contributed by atoms with E-state index in [4.69, 9.17) is 0 Å². The van der Waals surface area contributed by atoms with Gasteiger partial charge in [-0.1, -0.05) is 13.3 Å². The van der Waals surface area contributed by atoms with Crippen molar-refractivity contribution in [2.75, 3.05) is 52.1 Å². The molecule has 0 aromatic carbocycles. The van der Waals surface area contributed by atoms with Crippen molar-refractivity contribution >= 4 is 16.0 Å². The monoisotopic (exact) mass is 375 g/mol. The number of aliphatic imine (C=N–C) groups is 1. The molecule has 0 saturated carbocycles. The molecule has 1 rings (SSSR count). The Kier molecular flexibility index (Phi) is 10.4. The Hall–Kier alpha value is -0.860. The van der Waals surface area contributed by atoms with Crippen LogP contribution in [0.1, 0.15) is 46.5 Å². The van der Waals surface area contributed by atoms with Crippen LogP contribution in [0.25, 0.3) is 0 Å². The second kappa shape index (κ2) is 11.7.